The monoisotopic (exact) mass is 359 g/mol. The molecule has 0 aliphatic heterocycles. The Balaban J connectivity index is 1.67. The van der Waals surface area contributed by atoms with Gasteiger partial charge in [0, 0.05) is 12.2 Å². The first-order valence-electron chi connectivity index (χ1n) is 9.53. The summed E-state index contributed by atoms with van der Waals surface area (Å²) < 4.78 is 9.59. The van der Waals surface area contributed by atoms with Gasteiger partial charge in [0.15, 0.2) is 0 Å². The fourth-order valence-electron chi connectivity index (χ4n) is 3.20. The Kier molecular flexibility index (Phi) is 8.73. The summed E-state index contributed by atoms with van der Waals surface area (Å²) in [6.45, 7) is 3.00. The molecular weight excluding hydrogens is 330 g/mol. The Morgan fingerprint density at radius 2 is 1.88 bits per heavy atom. The van der Waals surface area contributed by atoms with Crippen LogP contribution < -0.4 is 5.32 Å². The van der Waals surface area contributed by atoms with Crippen LogP contribution in [0.25, 0.3) is 0 Å². The predicted octanol–water partition coefficient (Wildman–Crippen LogP) is 4.23. The van der Waals surface area contributed by atoms with Crippen molar-refractivity contribution in [2.75, 3.05) is 18.5 Å². The molecule has 0 aromatic heterocycles. The summed E-state index contributed by atoms with van der Waals surface area (Å²) in [4.78, 5) is 22.8. The van der Waals surface area contributed by atoms with Gasteiger partial charge in [-0.3, -0.25) is 4.79 Å². The average Bonchev–Trinajstić information content (AvgIpc) is 2.64. The van der Waals surface area contributed by atoms with Gasteiger partial charge in [-0.1, -0.05) is 44.2 Å². The van der Waals surface area contributed by atoms with Gasteiger partial charge < -0.3 is 14.8 Å². The van der Waals surface area contributed by atoms with Crippen LogP contribution in [-0.2, 0) is 25.5 Å². The first kappa shape index (κ1) is 20.0. The van der Waals surface area contributed by atoms with E-state index in [0.717, 1.165) is 36.1 Å². The van der Waals surface area contributed by atoms with Crippen LogP contribution in [0, 0.1) is 5.92 Å². The Hall–Kier alpha value is -2.30. The minimum absolute atomic E-state index is 0.162. The van der Waals surface area contributed by atoms with Crippen molar-refractivity contribution in [3.8, 4) is 0 Å². The number of rotatable bonds is 9. The third kappa shape index (κ3) is 7.72. The van der Waals surface area contributed by atoms with Gasteiger partial charge >= 0.3 is 11.9 Å². The summed E-state index contributed by atoms with van der Waals surface area (Å²) >= 11 is 0. The molecule has 0 atom stereocenters. The van der Waals surface area contributed by atoms with Crippen LogP contribution >= 0.6 is 0 Å². The Bertz CT molecular complexity index is 589. The van der Waals surface area contributed by atoms with Crippen molar-refractivity contribution >= 4 is 17.6 Å². The van der Waals surface area contributed by atoms with Crippen LogP contribution in [-0.4, -0.2) is 25.1 Å². The lowest BCUT2D eigenvalue weighted by molar-refractivity contribution is -0.138. The smallest absolute Gasteiger partial charge is 0.333 e. The standard InChI is InChI=1S/C21H29NO4/c1-2-25-20(23)13-15-26-21(24)16-18-8-10-19(11-9-18)22-14-12-17-6-4-3-5-7-17/h8-11,13,15,17,22H,2-7,12,14,16H2,1H3/b15-13+. The van der Waals surface area contributed by atoms with E-state index in [9.17, 15) is 9.59 Å². The van der Waals surface area contributed by atoms with Crippen LogP contribution in [0.15, 0.2) is 36.6 Å². The summed E-state index contributed by atoms with van der Waals surface area (Å²) in [5, 5.41) is 3.45. The molecular formula is C21H29NO4. The molecule has 0 unspecified atom stereocenters. The van der Waals surface area contributed by atoms with Crippen molar-refractivity contribution in [2.24, 2.45) is 5.92 Å². The SMILES string of the molecule is CCOC(=O)/C=C/OC(=O)Cc1ccc(NCCC2CCCCC2)cc1. The molecule has 0 spiro atoms. The topological polar surface area (TPSA) is 64.6 Å². The summed E-state index contributed by atoms with van der Waals surface area (Å²) in [7, 11) is 0. The highest BCUT2D eigenvalue weighted by Crippen LogP contribution is 2.26. The lowest BCUT2D eigenvalue weighted by atomic mass is 9.87. The summed E-state index contributed by atoms with van der Waals surface area (Å²) in [6.07, 6.45) is 10.4. The second-order valence-corrected chi connectivity index (χ2v) is 6.64. The number of hydrogen-bond acceptors (Lipinski definition) is 5. The van der Waals surface area contributed by atoms with Gasteiger partial charge in [-0.25, -0.2) is 4.79 Å². The zero-order valence-electron chi connectivity index (χ0n) is 15.5. The zero-order chi connectivity index (χ0) is 18.6. The largest absolute Gasteiger partial charge is 0.463 e. The fourth-order valence-corrected chi connectivity index (χ4v) is 3.20. The fraction of sp³-hybridized carbons (Fsp3) is 0.524. The van der Waals surface area contributed by atoms with Gasteiger partial charge in [0.25, 0.3) is 0 Å². The zero-order valence-corrected chi connectivity index (χ0v) is 15.5. The number of anilines is 1. The van der Waals surface area contributed by atoms with Gasteiger partial charge in [0.2, 0.25) is 0 Å². The molecule has 0 radical (unpaired) electrons. The van der Waals surface area contributed by atoms with Gasteiger partial charge in [0.1, 0.15) is 6.26 Å². The Morgan fingerprint density at radius 3 is 2.58 bits per heavy atom. The maximum atomic E-state index is 11.7. The molecule has 1 aromatic carbocycles. The summed E-state index contributed by atoms with van der Waals surface area (Å²) in [5.74, 6) is -0.0690. The second-order valence-electron chi connectivity index (χ2n) is 6.64. The number of esters is 2. The van der Waals surface area contributed by atoms with Crippen molar-refractivity contribution in [1.29, 1.82) is 0 Å². The van der Waals surface area contributed by atoms with E-state index in [1.165, 1.54) is 38.5 Å². The van der Waals surface area contributed by atoms with Crippen LogP contribution in [0.1, 0.15) is 51.0 Å². The van der Waals surface area contributed by atoms with E-state index in [0.29, 0.717) is 0 Å². The lowest BCUT2D eigenvalue weighted by Gasteiger charge is -2.21. The molecule has 0 amide bonds. The molecule has 1 aromatic rings. The van der Waals surface area contributed by atoms with Crippen LogP contribution in [0.2, 0.25) is 0 Å². The Labute approximate surface area is 155 Å². The molecule has 5 nitrogen and oxygen atoms in total. The van der Waals surface area contributed by atoms with Gasteiger partial charge in [-0.05, 0) is 37.0 Å². The Morgan fingerprint density at radius 1 is 1.15 bits per heavy atom. The van der Waals surface area contributed by atoms with E-state index in [1.54, 1.807) is 6.92 Å². The highest BCUT2D eigenvalue weighted by molar-refractivity contribution is 5.82. The minimum atomic E-state index is -0.524. The molecule has 0 saturated heterocycles. The van der Waals surface area contributed by atoms with E-state index in [1.807, 2.05) is 24.3 Å². The van der Waals surface area contributed by atoms with E-state index >= 15 is 0 Å². The van der Waals surface area contributed by atoms with Crippen molar-refractivity contribution in [2.45, 2.75) is 51.9 Å². The maximum Gasteiger partial charge on any atom is 0.333 e. The number of hydrogen-bond donors (Lipinski definition) is 1. The summed E-state index contributed by atoms with van der Waals surface area (Å²) in [5.41, 5.74) is 1.94. The first-order valence-corrected chi connectivity index (χ1v) is 9.53. The average molecular weight is 359 g/mol. The van der Waals surface area contributed by atoms with Crippen molar-refractivity contribution in [3.05, 3.63) is 42.2 Å². The van der Waals surface area contributed by atoms with Gasteiger partial charge in [-0.15, -0.1) is 0 Å². The third-order valence-corrected chi connectivity index (χ3v) is 4.60. The molecule has 1 N–H and O–H groups in total. The van der Waals surface area contributed by atoms with Gasteiger partial charge in [-0.2, -0.15) is 0 Å². The molecule has 1 saturated carbocycles. The number of carbonyl (C=O) groups is 2. The van der Waals surface area contributed by atoms with Crippen LogP contribution in [0.4, 0.5) is 5.69 Å². The summed E-state index contributed by atoms with van der Waals surface area (Å²) in [6, 6.07) is 7.80. The quantitative estimate of drug-likeness (QED) is 0.406. The maximum absolute atomic E-state index is 11.7. The van der Waals surface area contributed by atoms with Gasteiger partial charge in [0.05, 0.1) is 19.1 Å². The van der Waals surface area contributed by atoms with Crippen LogP contribution in [0.3, 0.4) is 0 Å². The molecule has 1 aliphatic rings. The third-order valence-electron chi connectivity index (χ3n) is 4.60. The molecule has 26 heavy (non-hydrogen) atoms. The van der Waals surface area contributed by atoms with Crippen molar-refractivity contribution in [3.63, 3.8) is 0 Å². The molecule has 1 fully saturated rings. The number of benzene rings is 1. The van der Waals surface area contributed by atoms with Crippen molar-refractivity contribution < 1.29 is 19.1 Å². The molecule has 1 aliphatic carbocycles. The van der Waals surface area contributed by atoms with Crippen molar-refractivity contribution in [1.82, 2.24) is 0 Å². The minimum Gasteiger partial charge on any atom is -0.463 e. The normalized spacial score (nSPS) is 15.0. The lowest BCUT2D eigenvalue weighted by Crippen LogP contribution is -2.12. The number of nitrogens with one attached hydrogen (secondary N) is 1. The highest BCUT2D eigenvalue weighted by Gasteiger charge is 2.12. The van der Waals surface area contributed by atoms with Crippen LogP contribution in [0.5, 0.6) is 0 Å². The highest BCUT2D eigenvalue weighted by atomic mass is 16.5. The second kappa shape index (κ2) is 11.3. The molecule has 2 rings (SSSR count). The van der Waals surface area contributed by atoms with E-state index in [-0.39, 0.29) is 13.0 Å². The van der Waals surface area contributed by atoms with E-state index in [2.05, 4.69) is 5.32 Å². The van der Waals surface area contributed by atoms with E-state index < -0.39 is 11.9 Å². The number of ether oxygens (including phenoxy) is 2. The predicted molar refractivity (Wildman–Crippen MR) is 102 cm³/mol. The first-order chi connectivity index (χ1) is 12.7. The molecule has 0 heterocycles. The molecule has 0 bridgehead atoms. The number of carbonyl (C=O) groups excluding carboxylic acids is 2. The molecule has 142 valence electrons. The molecule has 5 heteroatoms. The van der Waals surface area contributed by atoms with E-state index in [4.69, 9.17) is 9.47 Å².